The molecule has 8 heteroatoms. The Morgan fingerprint density at radius 3 is 2.17 bits per heavy atom. The van der Waals surface area contributed by atoms with Gasteiger partial charge in [-0.15, -0.1) is 0 Å². The van der Waals surface area contributed by atoms with Crippen molar-refractivity contribution in [2.45, 2.75) is 72.3 Å². The van der Waals surface area contributed by atoms with Gasteiger partial charge in [0.1, 0.15) is 5.60 Å². The molecule has 140 valence electrons. The third-order valence-electron chi connectivity index (χ3n) is 2.72. The first-order chi connectivity index (χ1) is 10.9. The van der Waals surface area contributed by atoms with E-state index < -0.39 is 35.8 Å². The molecule has 0 saturated carbocycles. The van der Waals surface area contributed by atoms with Gasteiger partial charge in [0.25, 0.3) is 0 Å². The zero-order valence-corrected chi connectivity index (χ0v) is 15.3. The molecular formula is C16H30N2O6. The summed E-state index contributed by atoms with van der Waals surface area (Å²) in [6, 6.07) is -0.478. The molecule has 0 aromatic rings. The van der Waals surface area contributed by atoms with Gasteiger partial charge < -0.3 is 25.2 Å². The Hall–Kier alpha value is -1.83. The largest absolute Gasteiger partial charge is 0.463 e. The lowest BCUT2D eigenvalue weighted by Crippen LogP contribution is -2.46. The second-order valence-electron chi connectivity index (χ2n) is 6.90. The molecule has 2 atom stereocenters. The van der Waals surface area contributed by atoms with Crippen LogP contribution in [-0.2, 0) is 19.1 Å². The van der Waals surface area contributed by atoms with Crippen molar-refractivity contribution in [3.05, 3.63) is 0 Å². The van der Waals surface area contributed by atoms with E-state index in [2.05, 4.69) is 15.4 Å². The number of hydrogen-bond acceptors (Lipinski definition) is 6. The van der Waals surface area contributed by atoms with E-state index in [9.17, 15) is 19.5 Å². The maximum Gasteiger partial charge on any atom is 0.407 e. The minimum Gasteiger partial charge on any atom is -0.463 e. The topological polar surface area (TPSA) is 114 Å². The van der Waals surface area contributed by atoms with Crippen molar-refractivity contribution < 1.29 is 29.0 Å². The Morgan fingerprint density at radius 1 is 1.12 bits per heavy atom. The van der Waals surface area contributed by atoms with Crippen LogP contribution < -0.4 is 10.6 Å². The highest BCUT2D eigenvalue weighted by Crippen LogP contribution is 2.11. The number of ether oxygens (including phenoxy) is 2. The summed E-state index contributed by atoms with van der Waals surface area (Å²) in [5, 5.41) is 14.3. The third-order valence-corrected chi connectivity index (χ3v) is 2.72. The summed E-state index contributed by atoms with van der Waals surface area (Å²) in [7, 11) is 0. The molecule has 2 amide bonds. The Balaban J connectivity index is 4.63. The highest BCUT2D eigenvalue weighted by atomic mass is 16.6. The van der Waals surface area contributed by atoms with Gasteiger partial charge in [-0.3, -0.25) is 4.79 Å². The third kappa shape index (κ3) is 10.8. The smallest absolute Gasteiger partial charge is 0.407 e. The lowest BCUT2D eigenvalue weighted by molar-refractivity contribution is -0.157. The zero-order chi connectivity index (χ0) is 18.9. The molecule has 0 radical (unpaired) electrons. The Morgan fingerprint density at radius 2 is 1.71 bits per heavy atom. The van der Waals surface area contributed by atoms with Crippen LogP contribution >= 0.6 is 0 Å². The van der Waals surface area contributed by atoms with Crippen LogP contribution in [0.4, 0.5) is 4.79 Å². The summed E-state index contributed by atoms with van der Waals surface area (Å²) in [5.41, 5.74) is -0.644. The number of hydrogen-bond donors (Lipinski definition) is 3. The lowest BCUT2D eigenvalue weighted by Gasteiger charge is -2.24. The molecule has 3 N–H and O–H groups in total. The first kappa shape index (κ1) is 22.2. The number of alkyl carbamates (subject to hydrolysis) is 1. The normalized spacial score (nSPS) is 13.8. The molecule has 0 bridgehead atoms. The molecule has 0 fully saturated rings. The molecular weight excluding hydrogens is 316 g/mol. The minimum absolute atomic E-state index is 0.0894. The van der Waals surface area contributed by atoms with Crippen molar-refractivity contribution in [1.29, 1.82) is 0 Å². The molecule has 0 aromatic heterocycles. The molecule has 0 spiro atoms. The van der Waals surface area contributed by atoms with Gasteiger partial charge in [-0.25, -0.2) is 9.59 Å². The highest BCUT2D eigenvalue weighted by molar-refractivity contribution is 5.83. The number of carbonyl (C=O) groups is 3. The van der Waals surface area contributed by atoms with Gasteiger partial charge in [0, 0.05) is 12.5 Å². The van der Waals surface area contributed by atoms with Crippen molar-refractivity contribution >= 4 is 18.0 Å². The standard InChI is InChI=1S/C16H30N2O6/c1-7-23-14(21)13(20)18-12(19)9-11(8-10(2)3)17-15(22)24-16(4,5)6/h10-11,13,20H,7-9H2,1-6H3,(H,17,22)(H,18,19). The fraction of sp³-hybridized carbons (Fsp3) is 0.812. The van der Waals surface area contributed by atoms with Gasteiger partial charge >= 0.3 is 12.1 Å². The van der Waals surface area contributed by atoms with E-state index >= 15 is 0 Å². The van der Waals surface area contributed by atoms with Crippen LogP contribution in [0, 0.1) is 5.92 Å². The van der Waals surface area contributed by atoms with E-state index in [1.807, 2.05) is 13.8 Å². The number of nitrogens with one attached hydrogen (secondary N) is 2. The quantitative estimate of drug-likeness (QED) is 0.451. The Bertz CT molecular complexity index is 431. The zero-order valence-electron chi connectivity index (χ0n) is 15.3. The minimum atomic E-state index is -1.72. The van der Waals surface area contributed by atoms with E-state index in [0.717, 1.165) is 0 Å². The summed E-state index contributed by atoms with van der Waals surface area (Å²) in [5.74, 6) is -1.27. The number of amides is 2. The van der Waals surface area contributed by atoms with Crippen LogP contribution in [0.25, 0.3) is 0 Å². The number of esters is 1. The number of aliphatic hydroxyl groups is 1. The van der Waals surface area contributed by atoms with E-state index in [1.165, 1.54) is 0 Å². The van der Waals surface area contributed by atoms with Crippen LogP contribution in [0.5, 0.6) is 0 Å². The molecule has 0 aromatic carbocycles. The predicted octanol–water partition coefficient (Wildman–Crippen LogP) is 1.31. The summed E-state index contributed by atoms with van der Waals surface area (Å²) >= 11 is 0. The molecule has 0 saturated heterocycles. The van der Waals surface area contributed by atoms with Gasteiger partial charge in [-0.05, 0) is 40.0 Å². The lowest BCUT2D eigenvalue weighted by atomic mass is 10.0. The highest BCUT2D eigenvalue weighted by Gasteiger charge is 2.24. The SMILES string of the molecule is CCOC(=O)C(O)NC(=O)CC(CC(C)C)NC(=O)OC(C)(C)C. The van der Waals surface area contributed by atoms with Crippen LogP contribution in [0.15, 0.2) is 0 Å². The summed E-state index contributed by atoms with van der Waals surface area (Å²) < 4.78 is 9.78. The molecule has 8 nitrogen and oxygen atoms in total. The molecule has 0 aliphatic carbocycles. The number of aliphatic hydroxyl groups excluding tert-OH is 1. The average Bonchev–Trinajstić information content (AvgIpc) is 2.34. The van der Waals surface area contributed by atoms with E-state index in [4.69, 9.17) is 4.74 Å². The van der Waals surface area contributed by atoms with Crippen molar-refractivity contribution in [2.24, 2.45) is 5.92 Å². The molecule has 2 unspecified atom stereocenters. The Labute approximate surface area is 143 Å². The first-order valence-corrected chi connectivity index (χ1v) is 8.08. The summed E-state index contributed by atoms with van der Waals surface area (Å²) in [6.45, 7) is 10.8. The number of rotatable bonds is 8. The first-order valence-electron chi connectivity index (χ1n) is 8.08. The van der Waals surface area contributed by atoms with Gasteiger partial charge in [-0.2, -0.15) is 0 Å². The molecule has 0 heterocycles. The molecule has 0 aliphatic heterocycles. The van der Waals surface area contributed by atoms with Crippen LogP contribution in [-0.4, -0.2) is 47.6 Å². The number of carbonyl (C=O) groups excluding carboxylic acids is 3. The van der Waals surface area contributed by atoms with E-state index in [0.29, 0.717) is 6.42 Å². The van der Waals surface area contributed by atoms with Crippen LogP contribution in [0.3, 0.4) is 0 Å². The second kappa shape index (κ2) is 10.1. The van der Waals surface area contributed by atoms with Crippen LogP contribution in [0.2, 0.25) is 0 Å². The fourth-order valence-electron chi connectivity index (χ4n) is 1.95. The van der Waals surface area contributed by atoms with Crippen molar-refractivity contribution in [3.63, 3.8) is 0 Å². The van der Waals surface area contributed by atoms with Crippen molar-refractivity contribution in [2.75, 3.05) is 6.61 Å². The van der Waals surface area contributed by atoms with Crippen LogP contribution in [0.1, 0.15) is 54.4 Å². The van der Waals surface area contributed by atoms with E-state index in [-0.39, 0.29) is 18.9 Å². The van der Waals surface area contributed by atoms with Gasteiger partial charge in [0.05, 0.1) is 6.61 Å². The molecule has 24 heavy (non-hydrogen) atoms. The van der Waals surface area contributed by atoms with Gasteiger partial charge in [0.15, 0.2) is 0 Å². The summed E-state index contributed by atoms with van der Waals surface area (Å²) in [6.07, 6.45) is -1.89. The summed E-state index contributed by atoms with van der Waals surface area (Å²) in [4.78, 5) is 35.1. The Kier molecular flexibility index (Phi) is 9.35. The molecule has 0 aliphatic rings. The predicted molar refractivity (Wildman–Crippen MR) is 88.0 cm³/mol. The van der Waals surface area contributed by atoms with Crippen molar-refractivity contribution in [1.82, 2.24) is 10.6 Å². The van der Waals surface area contributed by atoms with Gasteiger partial charge in [-0.1, -0.05) is 13.8 Å². The maximum absolute atomic E-state index is 11.9. The maximum atomic E-state index is 11.9. The fourth-order valence-corrected chi connectivity index (χ4v) is 1.95. The van der Waals surface area contributed by atoms with E-state index in [1.54, 1.807) is 27.7 Å². The molecule has 0 rings (SSSR count). The monoisotopic (exact) mass is 346 g/mol. The van der Waals surface area contributed by atoms with Gasteiger partial charge in [0.2, 0.25) is 12.1 Å². The second-order valence-corrected chi connectivity index (χ2v) is 6.90. The average molecular weight is 346 g/mol. The van der Waals surface area contributed by atoms with Crippen molar-refractivity contribution in [3.8, 4) is 0 Å².